The van der Waals surface area contributed by atoms with E-state index in [4.69, 9.17) is 10.5 Å². The molecule has 0 saturated heterocycles. The van der Waals surface area contributed by atoms with Crippen LogP contribution in [0.5, 0.6) is 5.88 Å². The largest absolute Gasteiger partial charge is 0.476 e. The first-order valence-electron chi connectivity index (χ1n) is 7.05. The lowest BCUT2D eigenvalue weighted by molar-refractivity contribution is 0.306. The van der Waals surface area contributed by atoms with E-state index in [1.807, 2.05) is 31.0 Å². The van der Waals surface area contributed by atoms with Crippen molar-refractivity contribution >= 4 is 11.5 Å². The minimum absolute atomic E-state index is 0.456. The molecule has 112 valence electrons. The number of nitrogen functional groups attached to an aromatic ring is 1. The minimum Gasteiger partial charge on any atom is -0.476 e. The first-order chi connectivity index (χ1) is 10.2. The molecular formula is C15H21N5O. The molecule has 2 rings (SSSR count). The summed E-state index contributed by atoms with van der Waals surface area (Å²) in [7, 11) is 1.96. The molecule has 2 heterocycles. The molecule has 0 fully saturated rings. The summed E-state index contributed by atoms with van der Waals surface area (Å²) in [4.78, 5) is 14.4. The summed E-state index contributed by atoms with van der Waals surface area (Å²) in [5, 5.41) is 0. The van der Waals surface area contributed by atoms with Crippen LogP contribution in [0.1, 0.15) is 18.9 Å². The number of nitrogens with zero attached hydrogens (tertiary/aromatic N) is 4. The van der Waals surface area contributed by atoms with Crippen LogP contribution in [0.15, 0.2) is 30.9 Å². The molecule has 0 saturated carbocycles. The molecule has 6 nitrogen and oxygen atoms in total. The lowest BCUT2D eigenvalue weighted by Crippen LogP contribution is -2.23. The van der Waals surface area contributed by atoms with Crippen molar-refractivity contribution in [3.8, 4) is 5.88 Å². The van der Waals surface area contributed by atoms with Crippen molar-refractivity contribution in [1.29, 1.82) is 0 Å². The number of hydrogen-bond acceptors (Lipinski definition) is 6. The second kappa shape index (κ2) is 7.42. The smallest absolute Gasteiger partial charge is 0.242 e. The fraction of sp³-hybridized carbons (Fsp3) is 0.400. The Morgan fingerprint density at radius 3 is 2.71 bits per heavy atom. The molecule has 0 amide bonds. The molecule has 21 heavy (non-hydrogen) atoms. The van der Waals surface area contributed by atoms with Crippen molar-refractivity contribution in [3.05, 3.63) is 36.4 Å². The molecule has 0 unspecified atom stereocenters. The van der Waals surface area contributed by atoms with Gasteiger partial charge in [-0.25, -0.2) is 4.98 Å². The van der Waals surface area contributed by atoms with E-state index in [1.54, 1.807) is 12.4 Å². The Labute approximate surface area is 125 Å². The number of pyridine rings is 1. The van der Waals surface area contributed by atoms with Gasteiger partial charge in [0.1, 0.15) is 12.0 Å². The molecule has 0 aromatic carbocycles. The predicted octanol–water partition coefficient (Wildman–Crippen LogP) is 1.92. The number of ether oxygens (including phenoxy) is 1. The van der Waals surface area contributed by atoms with Crippen LogP contribution in [-0.4, -0.2) is 35.2 Å². The molecular weight excluding hydrogens is 266 g/mol. The molecule has 2 aromatic heterocycles. The van der Waals surface area contributed by atoms with Gasteiger partial charge in [-0.3, -0.25) is 4.98 Å². The van der Waals surface area contributed by atoms with Gasteiger partial charge in [0.15, 0.2) is 5.82 Å². The summed E-state index contributed by atoms with van der Waals surface area (Å²) >= 11 is 0. The zero-order valence-corrected chi connectivity index (χ0v) is 12.5. The standard InChI is InChI=1S/C15H21N5O/c1-3-10-21-15-13(16)14(18-11-19-15)20(2)9-6-12-4-7-17-8-5-12/h4-5,7-8,11H,3,6,9-10,16H2,1-2H3. The van der Waals surface area contributed by atoms with E-state index in [2.05, 4.69) is 15.0 Å². The van der Waals surface area contributed by atoms with Gasteiger partial charge in [0, 0.05) is 26.0 Å². The van der Waals surface area contributed by atoms with Crippen molar-refractivity contribution in [3.63, 3.8) is 0 Å². The average molecular weight is 287 g/mol. The molecule has 0 radical (unpaired) electrons. The highest BCUT2D eigenvalue weighted by atomic mass is 16.5. The number of nitrogens with two attached hydrogens (primary N) is 1. The Morgan fingerprint density at radius 2 is 2.00 bits per heavy atom. The van der Waals surface area contributed by atoms with Crippen molar-refractivity contribution < 1.29 is 4.74 Å². The van der Waals surface area contributed by atoms with Crippen molar-refractivity contribution in [2.75, 3.05) is 30.8 Å². The summed E-state index contributed by atoms with van der Waals surface area (Å²) in [5.41, 5.74) is 7.81. The Balaban J connectivity index is 2.03. The Bertz CT molecular complexity index is 561. The van der Waals surface area contributed by atoms with Crippen LogP contribution in [0, 0.1) is 0 Å². The third-order valence-electron chi connectivity index (χ3n) is 3.12. The highest BCUT2D eigenvalue weighted by Crippen LogP contribution is 2.27. The third-order valence-corrected chi connectivity index (χ3v) is 3.12. The van der Waals surface area contributed by atoms with E-state index >= 15 is 0 Å². The van der Waals surface area contributed by atoms with Gasteiger partial charge in [-0.15, -0.1) is 0 Å². The molecule has 0 aliphatic rings. The second-order valence-electron chi connectivity index (χ2n) is 4.79. The van der Waals surface area contributed by atoms with Crippen molar-refractivity contribution in [1.82, 2.24) is 15.0 Å². The molecule has 2 N–H and O–H groups in total. The van der Waals surface area contributed by atoms with Gasteiger partial charge in [-0.2, -0.15) is 4.98 Å². The van der Waals surface area contributed by atoms with Gasteiger partial charge in [0.2, 0.25) is 5.88 Å². The van der Waals surface area contributed by atoms with E-state index in [9.17, 15) is 0 Å². The molecule has 0 atom stereocenters. The van der Waals surface area contributed by atoms with Gasteiger partial charge in [0.25, 0.3) is 0 Å². The van der Waals surface area contributed by atoms with E-state index in [0.717, 1.165) is 19.4 Å². The number of likely N-dealkylation sites (N-methyl/N-ethyl adjacent to an activating group) is 1. The van der Waals surface area contributed by atoms with Crippen LogP contribution in [0.3, 0.4) is 0 Å². The fourth-order valence-corrected chi connectivity index (χ4v) is 1.94. The summed E-state index contributed by atoms with van der Waals surface area (Å²) < 4.78 is 5.53. The third kappa shape index (κ3) is 4.05. The van der Waals surface area contributed by atoms with Crippen molar-refractivity contribution in [2.24, 2.45) is 0 Å². The average Bonchev–Trinajstić information content (AvgIpc) is 2.52. The van der Waals surface area contributed by atoms with E-state index in [1.165, 1.54) is 11.9 Å². The topological polar surface area (TPSA) is 77.2 Å². The molecule has 0 aliphatic heterocycles. The Hall–Kier alpha value is -2.37. The van der Waals surface area contributed by atoms with E-state index in [0.29, 0.717) is 24.0 Å². The second-order valence-corrected chi connectivity index (χ2v) is 4.79. The first kappa shape index (κ1) is 15.0. The monoisotopic (exact) mass is 287 g/mol. The SMILES string of the molecule is CCCOc1ncnc(N(C)CCc2ccncc2)c1N. The number of aromatic nitrogens is 3. The number of hydrogen-bond donors (Lipinski definition) is 1. The van der Waals surface area contributed by atoms with Gasteiger partial charge >= 0.3 is 0 Å². The lowest BCUT2D eigenvalue weighted by atomic mass is 10.2. The Kier molecular flexibility index (Phi) is 5.31. The maximum atomic E-state index is 6.09. The fourth-order valence-electron chi connectivity index (χ4n) is 1.94. The zero-order chi connectivity index (χ0) is 15.1. The van der Waals surface area contributed by atoms with Crippen LogP contribution in [0.4, 0.5) is 11.5 Å². The van der Waals surface area contributed by atoms with Gasteiger partial charge in [-0.1, -0.05) is 6.92 Å². The highest BCUT2D eigenvalue weighted by Gasteiger charge is 2.13. The molecule has 0 aliphatic carbocycles. The van der Waals surface area contributed by atoms with Crippen LogP contribution in [0.25, 0.3) is 0 Å². The highest BCUT2D eigenvalue weighted by molar-refractivity contribution is 5.67. The van der Waals surface area contributed by atoms with E-state index in [-0.39, 0.29) is 0 Å². The normalized spacial score (nSPS) is 10.4. The van der Waals surface area contributed by atoms with Crippen LogP contribution in [-0.2, 0) is 6.42 Å². The molecule has 6 heteroatoms. The maximum absolute atomic E-state index is 6.09. The molecule has 0 spiro atoms. The van der Waals surface area contributed by atoms with Crippen molar-refractivity contribution in [2.45, 2.75) is 19.8 Å². The van der Waals surface area contributed by atoms with E-state index < -0.39 is 0 Å². The van der Waals surface area contributed by atoms with Gasteiger partial charge in [0.05, 0.1) is 6.61 Å². The van der Waals surface area contributed by atoms with Crippen LogP contribution in [0.2, 0.25) is 0 Å². The van der Waals surface area contributed by atoms with Crippen LogP contribution >= 0.6 is 0 Å². The summed E-state index contributed by atoms with van der Waals surface area (Å²) in [6, 6.07) is 4.01. The maximum Gasteiger partial charge on any atom is 0.242 e. The molecule has 2 aromatic rings. The molecule has 0 bridgehead atoms. The minimum atomic E-state index is 0.456. The summed E-state index contributed by atoms with van der Waals surface area (Å²) in [6.07, 6.45) is 6.89. The number of rotatable bonds is 7. The summed E-state index contributed by atoms with van der Waals surface area (Å²) in [5.74, 6) is 1.16. The predicted molar refractivity (Wildman–Crippen MR) is 83.4 cm³/mol. The number of anilines is 2. The zero-order valence-electron chi connectivity index (χ0n) is 12.5. The lowest BCUT2D eigenvalue weighted by Gasteiger charge is -2.20. The van der Waals surface area contributed by atoms with Crippen LogP contribution < -0.4 is 15.4 Å². The summed E-state index contributed by atoms with van der Waals surface area (Å²) in [6.45, 7) is 3.44. The van der Waals surface area contributed by atoms with Gasteiger partial charge < -0.3 is 15.4 Å². The first-order valence-corrected chi connectivity index (χ1v) is 7.05. The van der Waals surface area contributed by atoms with Gasteiger partial charge in [-0.05, 0) is 30.5 Å². The Morgan fingerprint density at radius 1 is 1.24 bits per heavy atom. The quantitative estimate of drug-likeness (QED) is 0.838.